The number of carboxylic acids is 1. The van der Waals surface area contributed by atoms with Crippen molar-refractivity contribution in [3.05, 3.63) is 52.2 Å². The van der Waals surface area contributed by atoms with Crippen LogP contribution in [0.15, 0.2) is 30.3 Å². The standard InChI is InChI=1S/C25H33B4ClN2O5S/c1-12-11-16-18(14-7-9-15(30)10-8-14)17(21(22(33)34)37-23(3,4)5)13(2)19-20(16)31(12)24(26,27)25(28,29)32(19)38(6,35)36/h7-11,21H,26-29H2,1-6H3,(H,33,34)/t21-/m0/s1. The molecule has 1 aliphatic rings. The Kier molecular flexibility index (Phi) is 6.70. The zero-order valence-corrected chi connectivity index (χ0v) is 25.3. The third-order valence-electron chi connectivity index (χ3n) is 7.90. The molecule has 1 atom stereocenters. The van der Waals surface area contributed by atoms with E-state index in [2.05, 4.69) is 4.57 Å². The molecule has 2 heterocycles. The highest BCUT2D eigenvalue weighted by molar-refractivity contribution is 7.92. The summed E-state index contributed by atoms with van der Waals surface area (Å²) in [5.74, 6) is -1.15. The minimum absolute atomic E-state index is 0.429. The molecule has 0 radical (unpaired) electrons. The van der Waals surface area contributed by atoms with Crippen LogP contribution in [0.4, 0.5) is 5.69 Å². The number of nitrogens with zero attached hydrogens (tertiary/aromatic N) is 2. The van der Waals surface area contributed by atoms with E-state index in [4.69, 9.17) is 16.3 Å². The number of ether oxygens (including phenoxy) is 1. The van der Waals surface area contributed by atoms with Gasteiger partial charge in [0.25, 0.3) is 0 Å². The van der Waals surface area contributed by atoms with Crippen molar-refractivity contribution in [2.75, 3.05) is 10.6 Å². The monoisotopic (exact) mass is 552 g/mol. The van der Waals surface area contributed by atoms with E-state index < -0.39 is 38.4 Å². The first-order chi connectivity index (χ1) is 17.2. The molecular formula is C25H33B4ClN2O5S. The van der Waals surface area contributed by atoms with Gasteiger partial charge in [-0.3, -0.25) is 4.31 Å². The highest BCUT2D eigenvalue weighted by Crippen LogP contribution is 2.52. The number of aromatic nitrogens is 1. The van der Waals surface area contributed by atoms with E-state index >= 15 is 0 Å². The lowest BCUT2D eigenvalue weighted by atomic mass is 9.37. The van der Waals surface area contributed by atoms with Crippen LogP contribution >= 0.6 is 11.6 Å². The van der Waals surface area contributed by atoms with Gasteiger partial charge < -0.3 is 14.4 Å². The van der Waals surface area contributed by atoms with Crippen LogP contribution in [0.3, 0.4) is 0 Å². The summed E-state index contributed by atoms with van der Waals surface area (Å²) >= 11 is 6.22. The van der Waals surface area contributed by atoms with Gasteiger partial charge in [-0.2, -0.15) is 0 Å². The third-order valence-corrected chi connectivity index (χ3v) is 9.45. The van der Waals surface area contributed by atoms with Gasteiger partial charge in [-0.05, 0) is 74.8 Å². The number of rotatable bonds is 5. The van der Waals surface area contributed by atoms with Crippen molar-refractivity contribution < 1.29 is 23.1 Å². The lowest BCUT2D eigenvalue weighted by Crippen LogP contribution is -2.70. The van der Waals surface area contributed by atoms with Gasteiger partial charge in [-0.25, -0.2) is 13.2 Å². The molecule has 198 valence electrons. The Balaban J connectivity index is 2.33. The van der Waals surface area contributed by atoms with Gasteiger partial charge in [-0.1, -0.05) is 23.7 Å². The summed E-state index contributed by atoms with van der Waals surface area (Å²) in [7, 11) is 4.12. The smallest absolute Gasteiger partial charge is 0.337 e. The topological polar surface area (TPSA) is 88.8 Å². The molecule has 38 heavy (non-hydrogen) atoms. The average molecular weight is 552 g/mol. The summed E-state index contributed by atoms with van der Waals surface area (Å²) in [6.07, 6.45) is -0.140. The van der Waals surface area contributed by atoms with E-state index in [0.29, 0.717) is 27.4 Å². The normalized spacial score (nSPS) is 17.5. The van der Waals surface area contributed by atoms with Crippen LogP contribution in [0.1, 0.15) is 43.7 Å². The summed E-state index contributed by atoms with van der Waals surface area (Å²) in [5.41, 5.74) is 3.85. The van der Waals surface area contributed by atoms with Crippen molar-refractivity contribution in [3.63, 3.8) is 0 Å². The molecule has 0 bridgehead atoms. The average Bonchev–Trinajstić information content (AvgIpc) is 3.09. The molecule has 0 saturated carbocycles. The summed E-state index contributed by atoms with van der Waals surface area (Å²) in [6, 6.07) is 9.27. The number of hydrogen-bond acceptors (Lipinski definition) is 4. The number of halogens is 1. The number of aliphatic carboxylic acids is 1. The second-order valence-electron chi connectivity index (χ2n) is 12.2. The van der Waals surface area contributed by atoms with Crippen LogP contribution < -0.4 is 4.31 Å². The van der Waals surface area contributed by atoms with Crippen LogP contribution in [0.5, 0.6) is 0 Å². The van der Waals surface area contributed by atoms with Gasteiger partial charge in [0.1, 0.15) is 31.4 Å². The number of benzene rings is 2. The maximum absolute atomic E-state index is 13.5. The van der Waals surface area contributed by atoms with Crippen LogP contribution in [-0.2, 0) is 24.9 Å². The molecular weight excluding hydrogens is 519 g/mol. The van der Waals surface area contributed by atoms with Crippen molar-refractivity contribution in [2.24, 2.45) is 0 Å². The predicted molar refractivity (Wildman–Crippen MR) is 165 cm³/mol. The molecule has 0 fully saturated rings. The molecule has 0 spiro atoms. The molecule has 1 aromatic heterocycles. The summed E-state index contributed by atoms with van der Waals surface area (Å²) in [6.45, 7) is 9.21. The molecule has 13 heteroatoms. The van der Waals surface area contributed by atoms with Crippen LogP contribution in [0.25, 0.3) is 22.0 Å². The summed E-state index contributed by atoms with van der Waals surface area (Å²) in [4.78, 5) is 12.8. The summed E-state index contributed by atoms with van der Waals surface area (Å²) in [5, 5.41) is 10.3. The van der Waals surface area contributed by atoms with E-state index in [0.717, 1.165) is 22.2 Å². The van der Waals surface area contributed by atoms with Crippen molar-refractivity contribution in [1.29, 1.82) is 0 Å². The van der Waals surface area contributed by atoms with Gasteiger partial charge >= 0.3 is 5.97 Å². The molecule has 1 aliphatic heterocycles. The van der Waals surface area contributed by atoms with Crippen LogP contribution in [0.2, 0.25) is 5.02 Å². The summed E-state index contributed by atoms with van der Waals surface area (Å²) < 4.78 is 36.8. The van der Waals surface area contributed by atoms with Crippen molar-refractivity contribution in [1.82, 2.24) is 4.57 Å². The van der Waals surface area contributed by atoms with Crippen LogP contribution in [0, 0.1) is 13.8 Å². The van der Waals surface area contributed by atoms with Crippen molar-refractivity contribution in [2.45, 2.75) is 57.0 Å². The fourth-order valence-corrected chi connectivity index (χ4v) is 7.63. The van der Waals surface area contributed by atoms with Gasteiger partial charge in [0.15, 0.2) is 6.10 Å². The Labute approximate surface area is 233 Å². The molecule has 4 rings (SSSR count). The van der Waals surface area contributed by atoms with Crippen LogP contribution in [-0.4, -0.2) is 72.6 Å². The quantitative estimate of drug-likeness (QED) is 0.480. The lowest BCUT2D eigenvalue weighted by Gasteiger charge is -2.55. The number of hydrogen-bond donors (Lipinski definition) is 1. The van der Waals surface area contributed by atoms with Gasteiger partial charge in [0, 0.05) is 27.0 Å². The highest BCUT2D eigenvalue weighted by Gasteiger charge is 2.52. The Bertz CT molecular complexity index is 1580. The van der Waals surface area contributed by atoms with E-state index in [9.17, 15) is 18.3 Å². The van der Waals surface area contributed by atoms with E-state index in [-0.39, 0.29) is 0 Å². The molecule has 0 saturated heterocycles. The first-order valence-corrected chi connectivity index (χ1v) is 14.8. The number of aryl methyl sites for hydroxylation is 1. The molecule has 0 unspecified atom stereocenters. The highest BCUT2D eigenvalue weighted by atomic mass is 35.5. The Morgan fingerprint density at radius 1 is 1.08 bits per heavy atom. The lowest BCUT2D eigenvalue weighted by molar-refractivity contribution is -0.160. The number of carbonyl (C=O) groups is 1. The predicted octanol–water partition coefficient (Wildman–Crippen LogP) is 1.10. The zero-order chi connectivity index (χ0) is 28.7. The molecule has 1 N–H and O–H groups in total. The van der Waals surface area contributed by atoms with E-state index in [1.54, 1.807) is 39.8 Å². The van der Waals surface area contributed by atoms with Crippen molar-refractivity contribution >= 4 is 75.6 Å². The number of anilines is 1. The molecule has 3 aromatic rings. The first kappa shape index (κ1) is 28.7. The first-order valence-electron chi connectivity index (χ1n) is 12.6. The maximum atomic E-state index is 13.5. The Morgan fingerprint density at radius 3 is 2.11 bits per heavy atom. The van der Waals surface area contributed by atoms with Gasteiger partial charge in [-0.15, -0.1) is 0 Å². The van der Waals surface area contributed by atoms with E-state index in [1.165, 1.54) is 10.6 Å². The molecule has 0 amide bonds. The number of carboxylic acid groups (broad SMARTS) is 1. The molecule has 7 nitrogen and oxygen atoms in total. The van der Waals surface area contributed by atoms with E-state index in [1.807, 2.05) is 56.5 Å². The molecule has 2 aromatic carbocycles. The second kappa shape index (κ2) is 8.86. The third kappa shape index (κ3) is 4.29. The fraction of sp³-hybridized carbons (Fsp3) is 0.400. The minimum atomic E-state index is -3.77. The Morgan fingerprint density at radius 2 is 1.63 bits per heavy atom. The SMILES string of the molecule is BC1(B)N(S(C)(=O)=O)c2c(C)c([C@H](OC(C)(C)C)C(=O)O)c(-c3ccc(Cl)cc3)c3cc(C)n(c23)C1(B)B. The van der Waals surface area contributed by atoms with Crippen molar-refractivity contribution in [3.8, 4) is 11.1 Å². The fourth-order valence-electron chi connectivity index (χ4n) is 5.89. The number of sulfonamides is 1. The van der Waals surface area contributed by atoms with Gasteiger partial charge in [0.2, 0.25) is 10.0 Å². The zero-order valence-electron chi connectivity index (χ0n) is 23.7. The second-order valence-corrected chi connectivity index (χ2v) is 14.5. The molecule has 0 aliphatic carbocycles. The van der Waals surface area contributed by atoms with Gasteiger partial charge in [0.05, 0.1) is 23.1 Å². The minimum Gasteiger partial charge on any atom is -0.479 e. The maximum Gasteiger partial charge on any atom is 0.337 e. The Hall–Kier alpha value is -2.29. The largest absolute Gasteiger partial charge is 0.479 e.